The van der Waals surface area contributed by atoms with Gasteiger partial charge in [-0.05, 0) is 0 Å². The fourth-order valence-electron chi connectivity index (χ4n) is 1.86. The van der Waals surface area contributed by atoms with Crippen molar-refractivity contribution >= 4 is 11.9 Å². The Kier molecular flexibility index (Phi) is 4.26. The molecule has 0 radical (unpaired) electrons. The van der Waals surface area contributed by atoms with E-state index in [0.29, 0.717) is 12.8 Å². The number of esters is 2. The number of hydrogen-bond acceptors (Lipinski definition) is 6. The maximum absolute atomic E-state index is 10.9. The lowest BCUT2D eigenvalue weighted by Gasteiger charge is -2.36. The van der Waals surface area contributed by atoms with Gasteiger partial charge >= 0.3 is 11.9 Å². The maximum Gasteiger partial charge on any atom is 0.303 e. The van der Waals surface area contributed by atoms with Gasteiger partial charge in [-0.15, -0.1) is 0 Å². The minimum Gasteiger partial charge on any atom is -0.459 e. The summed E-state index contributed by atoms with van der Waals surface area (Å²) in [5.74, 6) is -0.824. The summed E-state index contributed by atoms with van der Waals surface area (Å²) in [4.78, 5) is 21.8. The Labute approximate surface area is 94.2 Å². The van der Waals surface area contributed by atoms with E-state index in [2.05, 4.69) is 0 Å². The van der Waals surface area contributed by atoms with Crippen LogP contribution in [0.3, 0.4) is 0 Å². The van der Waals surface area contributed by atoms with Crippen LogP contribution in [0.2, 0.25) is 0 Å². The van der Waals surface area contributed by atoms with Crippen molar-refractivity contribution < 1.29 is 19.1 Å². The van der Waals surface area contributed by atoms with Gasteiger partial charge in [0.15, 0.2) is 0 Å². The molecular weight excluding hydrogens is 212 g/mol. The molecule has 92 valence electrons. The van der Waals surface area contributed by atoms with Gasteiger partial charge in [-0.2, -0.15) is 0 Å². The van der Waals surface area contributed by atoms with Gasteiger partial charge in [0.2, 0.25) is 0 Å². The fourth-order valence-corrected chi connectivity index (χ4v) is 1.86. The van der Waals surface area contributed by atoms with Crippen LogP contribution >= 0.6 is 0 Å². The zero-order chi connectivity index (χ0) is 12.3. The van der Waals surface area contributed by atoms with Crippen LogP contribution in [-0.4, -0.2) is 36.2 Å². The normalized spacial score (nSPS) is 34.2. The average Bonchev–Trinajstić information content (AvgIpc) is 2.11. The third-order valence-corrected chi connectivity index (χ3v) is 2.61. The van der Waals surface area contributed by atoms with Gasteiger partial charge in [0, 0.05) is 38.8 Å². The van der Waals surface area contributed by atoms with E-state index in [1.165, 1.54) is 13.8 Å². The van der Waals surface area contributed by atoms with Crippen molar-refractivity contribution in [2.75, 3.05) is 0 Å². The largest absolute Gasteiger partial charge is 0.459 e. The molecule has 0 aromatic carbocycles. The highest BCUT2D eigenvalue weighted by molar-refractivity contribution is 5.67. The van der Waals surface area contributed by atoms with Crippen molar-refractivity contribution in [2.24, 2.45) is 11.5 Å². The number of ether oxygens (including phenoxy) is 2. The molecule has 6 heteroatoms. The third-order valence-electron chi connectivity index (χ3n) is 2.61. The Morgan fingerprint density at radius 1 is 0.938 bits per heavy atom. The molecule has 0 amide bonds. The van der Waals surface area contributed by atoms with Crippen molar-refractivity contribution in [3.8, 4) is 0 Å². The summed E-state index contributed by atoms with van der Waals surface area (Å²) in [6.45, 7) is 2.62. The van der Waals surface area contributed by atoms with Gasteiger partial charge in [-0.25, -0.2) is 0 Å². The van der Waals surface area contributed by atoms with Crippen LogP contribution in [0.15, 0.2) is 0 Å². The van der Waals surface area contributed by atoms with Crippen LogP contribution in [0.1, 0.15) is 26.7 Å². The monoisotopic (exact) mass is 230 g/mol. The summed E-state index contributed by atoms with van der Waals surface area (Å²) in [5, 5.41) is 0. The molecule has 1 rings (SSSR count). The number of carbonyl (C=O) groups excluding carboxylic acids is 2. The smallest absolute Gasteiger partial charge is 0.303 e. The zero-order valence-corrected chi connectivity index (χ0v) is 9.51. The maximum atomic E-state index is 10.9. The molecule has 4 N–H and O–H groups in total. The fraction of sp³-hybridized carbons (Fsp3) is 0.800. The molecule has 1 fully saturated rings. The Balaban J connectivity index is 2.66. The summed E-state index contributed by atoms with van der Waals surface area (Å²) >= 11 is 0. The Morgan fingerprint density at radius 2 is 1.25 bits per heavy atom. The molecule has 0 spiro atoms. The minimum atomic E-state index is -0.490. The minimum absolute atomic E-state index is 0.240. The summed E-state index contributed by atoms with van der Waals surface area (Å²) in [6.07, 6.45) is -0.149. The van der Waals surface area contributed by atoms with E-state index >= 15 is 0 Å². The number of carbonyl (C=O) groups is 2. The Hall–Kier alpha value is -1.14. The standard InChI is InChI=1S/C10H18N2O4/c1-5(13)15-9-3-7(11)8(12)4-10(9)16-6(2)14/h7-10H,3-4,11-12H2,1-2H3. The summed E-state index contributed by atoms with van der Waals surface area (Å²) in [5.41, 5.74) is 11.6. The molecule has 4 atom stereocenters. The van der Waals surface area contributed by atoms with Crippen molar-refractivity contribution in [3.63, 3.8) is 0 Å². The topological polar surface area (TPSA) is 105 Å². The highest BCUT2D eigenvalue weighted by atomic mass is 16.6. The quantitative estimate of drug-likeness (QED) is 0.608. The second-order valence-corrected chi connectivity index (χ2v) is 4.09. The molecule has 4 unspecified atom stereocenters. The summed E-state index contributed by atoms with van der Waals surface area (Å²) < 4.78 is 10.1. The first-order chi connectivity index (χ1) is 7.40. The molecule has 0 aromatic rings. The zero-order valence-electron chi connectivity index (χ0n) is 9.51. The van der Waals surface area contributed by atoms with Gasteiger partial charge in [0.05, 0.1) is 0 Å². The first kappa shape index (κ1) is 12.9. The molecule has 0 saturated heterocycles. The van der Waals surface area contributed by atoms with E-state index in [9.17, 15) is 9.59 Å². The lowest BCUT2D eigenvalue weighted by molar-refractivity contribution is -0.169. The van der Waals surface area contributed by atoms with E-state index in [0.717, 1.165) is 0 Å². The van der Waals surface area contributed by atoms with Crippen LogP contribution in [-0.2, 0) is 19.1 Å². The second kappa shape index (κ2) is 5.27. The summed E-state index contributed by atoms with van der Waals surface area (Å²) in [7, 11) is 0. The van der Waals surface area contributed by atoms with Gasteiger partial charge in [0.25, 0.3) is 0 Å². The Morgan fingerprint density at radius 3 is 1.50 bits per heavy atom. The predicted molar refractivity (Wildman–Crippen MR) is 56.3 cm³/mol. The molecule has 0 bridgehead atoms. The third kappa shape index (κ3) is 3.46. The molecule has 0 heterocycles. The van der Waals surface area contributed by atoms with Crippen LogP contribution in [0.25, 0.3) is 0 Å². The van der Waals surface area contributed by atoms with E-state index in [-0.39, 0.29) is 12.1 Å². The molecular formula is C10H18N2O4. The van der Waals surface area contributed by atoms with Gasteiger partial charge in [-0.1, -0.05) is 0 Å². The van der Waals surface area contributed by atoms with E-state index in [4.69, 9.17) is 20.9 Å². The van der Waals surface area contributed by atoms with Crippen molar-refractivity contribution in [1.82, 2.24) is 0 Å². The summed E-state index contributed by atoms with van der Waals surface area (Å²) in [6, 6.07) is -0.479. The van der Waals surface area contributed by atoms with Crippen LogP contribution in [0.5, 0.6) is 0 Å². The Bertz CT molecular complexity index is 254. The SMILES string of the molecule is CC(=O)OC1CC(N)C(N)CC1OC(C)=O. The van der Waals surface area contributed by atoms with E-state index in [1.807, 2.05) is 0 Å². The highest BCUT2D eigenvalue weighted by Crippen LogP contribution is 2.23. The van der Waals surface area contributed by atoms with Crippen LogP contribution < -0.4 is 11.5 Å². The molecule has 1 aliphatic rings. The van der Waals surface area contributed by atoms with E-state index in [1.54, 1.807) is 0 Å². The first-order valence-electron chi connectivity index (χ1n) is 5.25. The predicted octanol–water partition coefficient (Wildman–Crippen LogP) is -0.702. The molecule has 6 nitrogen and oxygen atoms in total. The molecule has 0 aliphatic heterocycles. The lowest BCUT2D eigenvalue weighted by atomic mass is 9.87. The second-order valence-electron chi connectivity index (χ2n) is 4.09. The van der Waals surface area contributed by atoms with Crippen molar-refractivity contribution in [3.05, 3.63) is 0 Å². The number of hydrogen-bond donors (Lipinski definition) is 2. The highest BCUT2D eigenvalue weighted by Gasteiger charge is 2.37. The van der Waals surface area contributed by atoms with Crippen LogP contribution in [0, 0.1) is 0 Å². The van der Waals surface area contributed by atoms with E-state index < -0.39 is 24.1 Å². The number of rotatable bonds is 2. The van der Waals surface area contributed by atoms with Gasteiger partial charge in [0.1, 0.15) is 12.2 Å². The van der Waals surface area contributed by atoms with Gasteiger partial charge < -0.3 is 20.9 Å². The average molecular weight is 230 g/mol. The van der Waals surface area contributed by atoms with Crippen molar-refractivity contribution in [1.29, 1.82) is 0 Å². The van der Waals surface area contributed by atoms with Crippen LogP contribution in [0.4, 0.5) is 0 Å². The molecule has 1 saturated carbocycles. The van der Waals surface area contributed by atoms with Gasteiger partial charge in [-0.3, -0.25) is 9.59 Å². The molecule has 1 aliphatic carbocycles. The first-order valence-corrected chi connectivity index (χ1v) is 5.25. The molecule has 16 heavy (non-hydrogen) atoms. The molecule has 0 aromatic heterocycles. The number of nitrogens with two attached hydrogens (primary N) is 2. The lowest BCUT2D eigenvalue weighted by Crippen LogP contribution is -2.54. The van der Waals surface area contributed by atoms with Crippen molar-refractivity contribution in [2.45, 2.75) is 51.0 Å².